The van der Waals surface area contributed by atoms with Gasteiger partial charge in [0.15, 0.2) is 0 Å². The average Bonchev–Trinajstić information content (AvgIpc) is 2.68. The highest BCUT2D eigenvalue weighted by molar-refractivity contribution is 8.00. The van der Waals surface area contributed by atoms with Crippen LogP contribution in [0.4, 0.5) is 0 Å². The number of carbonyl (C=O) groups excluding carboxylic acids is 2. The van der Waals surface area contributed by atoms with E-state index in [0.29, 0.717) is 10.6 Å². The maximum Gasteiger partial charge on any atom is 0.251 e. The lowest BCUT2D eigenvalue weighted by molar-refractivity contribution is -0.129. The summed E-state index contributed by atoms with van der Waals surface area (Å²) in [6.07, 6.45) is 3.12. The molecular weight excluding hydrogens is 370 g/mol. The van der Waals surface area contributed by atoms with Crippen LogP contribution in [0.5, 0.6) is 0 Å². The standard InChI is InChI=1S/C22H27N3O2S/c1-13-14(2)20(21(23)27)22(24-15(13)3)28-12-19(26)25(4)18-11-7-9-16-8-5-6-10-17(16)18/h5-6,8,10,18H,7,9,11-12H2,1-4H3,(H2,23,27). The molecule has 2 N–H and O–H groups in total. The Labute approximate surface area is 170 Å². The molecule has 0 saturated heterocycles. The highest BCUT2D eigenvalue weighted by Gasteiger charge is 2.27. The predicted octanol–water partition coefficient (Wildman–Crippen LogP) is 3.73. The van der Waals surface area contributed by atoms with Gasteiger partial charge in [-0.2, -0.15) is 0 Å². The highest BCUT2D eigenvalue weighted by atomic mass is 32.2. The van der Waals surface area contributed by atoms with Gasteiger partial charge in [0.25, 0.3) is 5.91 Å². The number of pyridine rings is 1. The predicted molar refractivity (Wildman–Crippen MR) is 113 cm³/mol. The zero-order valence-electron chi connectivity index (χ0n) is 16.9. The maximum absolute atomic E-state index is 12.9. The van der Waals surface area contributed by atoms with E-state index >= 15 is 0 Å². The van der Waals surface area contributed by atoms with Crippen molar-refractivity contribution in [2.24, 2.45) is 5.73 Å². The molecule has 1 aromatic heterocycles. The lowest BCUT2D eigenvalue weighted by Gasteiger charge is -2.33. The van der Waals surface area contributed by atoms with Crippen LogP contribution in [0.2, 0.25) is 0 Å². The number of benzene rings is 1. The molecule has 1 atom stereocenters. The van der Waals surface area contributed by atoms with Crippen molar-refractivity contribution in [3.63, 3.8) is 0 Å². The summed E-state index contributed by atoms with van der Waals surface area (Å²) in [7, 11) is 1.86. The molecule has 6 heteroatoms. The van der Waals surface area contributed by atoms with Crippen LogP contribution in [-0.2, 0) is 11.2 Å². The number of hydrogen-bond acceptors (Lipinski definition) is 4. The van der Waals surface area contributed by atoms with Crippen molar-refractivity contribution in [3.05, 3.63) is 57.8 Å². The van der Waals surface area contributed by atoms with Crippen LogP contribution >= 0.6 is 11.8 Å². The summed E-state index contributed by atoms with van der Waals surface area (Å²) in [5.41, 5.74) is 11.2. The number of rotatable bonds is 5. The Balaban J connectivity index is 1.77. The number of aromatic nitrogens is 1. The number of aryl methyl sites for hydroxylation is 2. The van der Waals surface area contributed by atoms with Crippen LogP contribution in [0.15, 0.2) is 29.3 Å². The van der Waals surface area contributed by atoms with E-state index in [1.807, 2.05) is 38.8 Å². The molecule has 2 aromatic rings. The minimum absolute atomic E-state index is 0.0276. The minimum atomic E-state index is -0.502. The lowest BCUT2D eigenvalue weighted by Crippen LogP contribution is -2.34. The molecule has 0 saturated carbocycles. The maximum atomic E-state index is 12.9. The number of thioether (sulfide) groups is 1. The number of carbonyl (C=O) groups is 2. The molecule has 0 bridgehead atoms. The van der Waals surface area contributed by atoms with Crippen molar-refractivity contribution >= 4 is 23.6 Å². The summed E-state index contributed by atoms with van der Waals surface area (Å²) < 4.78 is 0. The summed E-state index contributed by atoms with van der Waals surface area (Å²) in [6.45, 7) is 5.71. The molecule has 28 heavy (non-hydrogen) atoms. The second kappa shape index (κ2) is 8.35. The number of primary amides is 1. The van der Waals surface area contributed by atoms with Crippen molar-refractivity contribution in [3.8, 4) is 0 Å². The number of hydrogen-bond donors (Lipinski definition) is 1. The SMILES string of the molecule is Cc1nc(SCC(=O)N(C)C2CCCc3ccccc32)c(C(N)=O)c(C)c1C. The first-order chi connectivity index (χ1) is 13.3. The third-order valence-electron chi connectivity index (χ3n) is 5.74. The van der Waals surface area contributed by atoms with Gasteiger partial charge in [-0.15, -0.1) is 0 Å². The second-order valence-corrected chi connectivity index (χ2v) is 8.36. The Bertz CT molecular complexity index is 926. The van der Waals surface area contributed by atoms with Gasteiger partial charge in [0.05, 0.1) is 17.4 Å². The lowest BCUT2D eigenvalue weighted by atomic mass is 9.87. The van der Waals surface area contributed by atoms with Gasteiger partial charge in [0.1, 0.15) is 5.03 Å². The Kier molecular flexibility index (Phi) is 6.08. The number of nitrogens with two attached hydrogens (primary N) is 1. The molecule has 2 amide bonds. The monoisotopic (exact) mass is 397 g/mol. The Hall–Kier alpha value is -2.34. The first-order valence-corrected chi connectivity index (χ1v) is 10.5. The molecule has 3 rings (SSSR count). The van der Waals surface area contributed by atoms with Crippen molar-refractivity contribution in [2.45, 2.75) is 51.1 Å². The van der Waals surface area contributed by atoms with Crippen molar-refractivity contribution in [1.82, 2.24) is 9.88 Å². The van der Waals surface area contributed by atoms with Gasteiger partial charge < -0.3 is 10.6 Å². The van der Waals surface area contributed by atoms with E-state index in [0.717, 1.165) is 36.1 Å². The molecule has 5 nitrogen and oxygen atoms in total. The molecule has 1 aliphatic carbocycles. The molecule has 148 valence electrons. The molecule has 0 fully saturated rings. The summed E-state index contributed by atoms with van der Waals surface area (Å²) in [6, 6.07) is 8.46. The topological polar surface area (TPSA) is 76.3 Å². The second-order valence-electron chi connectivity index (χ2n) is 7.39. The van der Waals surface area contributed by atoms with Crippen LogP contribution < -0.4 is 5.73 Å². The van der Waals surface area contributed by atoms with Gasteiger partial charge in [-0.25, -0.2) is 4.98 Å². The van der Waals surface area contributed by atoms with Crippen molar-refractivity contribution in [2.75, 3.05) is 12.8 Å². The van der Waals surface area contributed by atoms with Gasteiger partial charge in [-0.05, 0) is 62.3 Å². The fourth-order valence-electron chi connectivity index (χ4n) is 3.84. The summed E-state index contributed by atoms with van der Waals surface area (Å²) in [5, 5.41) is 0.541. The van der Waals surface area contributed by atoms with E-state index < -0.39 is 5.91 Å². The van der Waals surface area contributed by atoms with E-state index in [2.05, 4.69) is 23.2 Å². The zero-order valence-corrected chi connectivity index (χ0v) is 17.7. The third-order valence-corrected chi connectivity index (χ3v) is 6.70. The van der Waals surface area contributed by atoms with Gasteiger partial charge in [-0.1, -0.05) is 36.0 Å². The Morgan fingerprint density at radius 3 is 2.64 bits per heavy atom. The molecule has 1 aromatic carbocycles. The average molecular weight is 398 g/mol. The van der Waals surface area contributed by atoms with E-state index in [1.54, 1.807) is 0 Å². The van der Waals surface area contributed by atoms with Crippen LogP contribution in [0.25, 0.3) is 0 Å². The summed E-state index contributed by atoms with van der Waals surface area (Å²) in [4.78, 5) is 31.2. The fourth-order valence-corrected chi connectivity index (χ4v) is 4.91. The molecule has 0 aliphatic heterocycles. The molecule has 0 spiro atoms. The van der Waals surface area contributed by atoms with Gasteiger partial charge in [-0.3, -0.25) is 9.59 Å². The molecule has 1 heterocycles. The van der Waals surface area contributed by atoms with Crippen LogP contribution in [0, 0.1) is 20.8 Å². The molecular formula is C22H27N3O2S. The molecule has 0 radical (unpaired) electrons. The Morgan fingerprint density at radius 2 is 1.93 bits per heavy atom. The first-order valence-electron chi connectivity index (χ1n) is 9.55. The zero-order chi connectivity index (χ0) is 20.4. The minimum Gasteiger partial charge on any atom is -0.366 e. The quantitative estimate of drug-likeness (QED) is 0.780. The number of amides is 2. The van der Waals surface area contributed by atoms with Crippen LogP contribution in [0.1, 0.15) is 57.2 Å². The van der Waals surface area contributed by atoms with E-state index in [1.165, 1.54) is 22.9 Å². The highest BCUT2D eigenvalue weighted by Crippen LogP contribution is 2.34. The van der Waals surface area contributed by atoms with Crippen LogP contribution in [-0.4, -0.2) is 34.5 Å². The van der Waals surface area contributed by atoms with Gasteiger partial charge in [0, 0.05) is 12.7 Å². The third kappa shape index (κ3) is 3.92. The van der Waals surface area contributed by atoms with E-state index in [9.17, 15) is 9.59 Å². The summed E-state index contributed by atoms with van der Waals surface area (Å²) in [5.74, 6) is -0.248. The van der Waals surface area contributed by atoms with Crippen LogP contribution in [0.3, 0.4) is 0 Å². The van der Waals surface area contributed by atoms with E-state index in [-0.39, 0.29) is 17.7 Å². The van der Waals surface area contributed by atoms with Crippen molar-refractivity contribution < 1.29 is 9.59 Å². The molecule has 1 unspecified atom stereocenters. The number of nitrogens with zero attached hydrogens (tertiary/aromatic N) is 2. The first kappa shape index (κ1) is 20.4. The fraction of sp³-hybridized carbons (Fsp3) is 0.409. The van der Waals surface area contributed by atoms with Gasteiger partial charge in [0.2, 0.25) is 5.91 Å². The molecule has 1 aliphatic rings. The number of fused-ring (bicyclic) bond motifs is 1. The normalized spacial score (nSPS) is 15.8. The van der Waals surface area contributed by atoms with Gasteiger partial charge >= 0.3 is 0 Å². The van der Waals surface area contributed by atoms with Crippen molar-refractivity contribution in [1.29, 1.82) is 0 Å². The Morgan fingerprint density at radius 1 is 1.21 bits per heavy atom. The largest absolute Gasteiger partial charge is 0.366 e. The summed E-state index contributed by atoms with van der Waals surface area (Å²) >= 11 is 1.29. The smallest absolute Gasteiger partial charge is 0.251 e. The van der Waals surface area contributed by atoms with E-state index in [4.69, 9.17) is 5.73 Å².